The molecule has 8 saturated carbocycles. The summed E-state index contributed by atoms with van der Waals surface area (Å²) in [5.41, 5.74) is 2.50. The maximum absolute atomic E-state index is 13.3. The maximum atomic E-state index is 13.3. The summed E-state index contributed by atoms with van der Waals surface area (Å²) in [4.78, 5) is 13.3. The minimum Gasteiger partial charge on any atom is -0.380 e. The zero-order valence-corrected chi connectivity index (χ0v) is 18.2. The zero-order valence-electron chi connectivity index (χ0n) is 18.2. The molecule has 1 aromatic rings. The lowest BCUT2D eigenvalue weighted by Gasteiger charge is -2.57. The molecule has 9 rings (SSSR count). The van der Waals surface area contributed by atoms with Gasteiger partial charge in [0.2, 0.25) is 5.91 Å². The molecule has 8 fully saturated rings. The van der Waals surface area contributed by atoms with Crippen LogP contribution < -0.4 is 10.6 Å². The van der Waals surface area contributed by atoms with Crippen molar-refractivity contribution in [2.75, 3.05) is 10.6 Å². The van der Waals surface area contributed by atoms with E-state index in [0.717, 1.165) is 60.5 Å². The Hall–Kier alpha value is -1.51. The van der Waals surface area contributed by atoms with Gasteiger partial charge in [-0.05, 0) is 137 Å². The highest BCUT2D eigenvalue weighted by atomic mass is 16.2. The number of nitrogens with one attached hydrogen (secondary N) is 2. The molecule has 8 aliphatic rings. The van der Waals surface area contributed by atoms with Crippen LogP contribution in [0.1, 0.15) is 77.0 Å². The third kappa shape index (κ3) is 2.87. The van der Waals surface area contributed by atoms with Crippen molar-refractivity contribution in [2.24, 2.45) is 40.9 Å². The number of carbonyl (C=O) groups is 1. The largest absolute Gasteiger partial charge is 0.380 e. The predicted molar refractivity (Wildman–Crippen MR) is 120 cm³/mol. The summed E-state index contributed by atoms with van der Waals surface area (Å²) in [6, 6.07) is 8.66. The second-order valence-corrected chi connectivity index (χ2v) is 12.6. The molecular formula is C27H36N2O. The van der Waals surface area contributed by atoms with E-state index in [1.807, 2.05) is 0 Å². The maximum Gasteiger partial charge on any atom is 0.230 e. The van der Waals surface area contributed by atoms with E-state index in [1.165, 1.54) is 63.5 Å². The SMILES string of the molecule is O=C(Nc1ccc(NC23CC4CC(CC(C4)C2)C3)cc1)C12CC3CC(CC(C3)C1)C2. The van der Waals surface area contributed by atoms with E-state index in [-0.39, 0.29) is 5.41 Å². The van der Waals surface area contributed by atoms with Crippen molar-refractivity contribution in [3.8, 4) is 0 Å². The minimum absolute atomic E-state index is 0.0646. The van der Waals surface area contributed by atoms with Crippen molar-refractivity contribution in [2.45, 2.75) is 82.6 Å². The van der Waals surface area contributed by atoms with Crippen molar-refractivity contribution in [1.29, 1.82) is 0 Å². The molecule has 30 heavy (non-hydrogen) atoms. The first kappa shape index (κ1) is 18.1. The molecule has 0 saturated heterocycles. The van der Waals surface area contributed by atoms with E-state index < -0.39 is 0 Å². The van der Waals surface area contributed by atoms with Gasteiger partial charge in [0.05, 0.1) is 5.41 Å². The highest BCUT2D eigenvalue weighted by Crippen LogP contribution is 2.60. The van der Waals surface area contributed by atoms with Gasteiger partial charge in [-0.15, -0.1) is 0 Å². The number of carbonyl (C=O) groups excluding carboxylic acids is 1. The molecule has 2 N–H and O–H groups in total. The number of rotatable bonds is 4. The summed E-state index contributed by atoms with van der Waals surface area (Å²) in [6.45, 7) is 0. The number of hydrogen-bond donors (Lipinski definition) is 2. The first-order valence-corrected chi connectivity index (χ1v) is 12.7. The highest BCUT2D eigenvalue weighted by Gasteiger charge is 2.54. The van der Waals surface area contributed by atoms with Crippen LogP contribution in [0.25, 0.3) is 0 Å². The predicted octanol–water partition coefficient (Wildman–Crippen LogP) is 6.22. The van der Waals surface area contributed by atoms with E-state index >= 15 is 0 Å². The van der Waals surface area contributed by atoms with Crippen LogP contribution in [0.4, 0.5) is 11.4 Å². The van der Waals surface area contributed by atoms with Crippen molar-refractivity contribution in [3.05, 3.63) is 24.3 Å². The molecule has 0 aliphatic heterocycles. The molecule has 0 spiro atoms. The normalized spacial score (nSPS) is 47.5. The van der Waals surface area contributed by atoms with Crippen LogP contribution in [0, 0.1) is 40.9 Å². The van der Waals surface area contributed by atoms with Crippen LogP contribution >= 0.6 is 0 Å². The molecule has 8 aliphatic carbocycles. The summed E-state index contributed by atoms with van der Waals surface area (Å²) < 4.78 is 0. The van der Waals surface area contributed by atoms with Gasteiger partial charge >= 0.3 is 0 Å². The lowest BCUT2D eigenvalue weighted by molar-refractivity contribution is -0.140. The molecule has 3 nitrogen and oxygen atoms in total. The molecule has 160 valence electrons. The Balaban J connectivity index is 1.04. The van der Waals surface area contributed by atoms with Gasteiger partial charge in [0.25, 0.3) is 0 Å². The number of benzene rings is 1. The number of hydrogen-bond acceptors (Lipinski definition) is 2. The molecule has 1 amide bonds. The van der Waals surface area contributed by atoms with Crippen molar-refractivity contribution >= 4 is 17.3 Å². The van der Waals surface area contributed by atoms with Gasteiger partial charge in [-0.2, -0.15) is 0 Å². The fraction of sp³-hybridized carbons (Fsp3) is 0.741. The van der Waals surface area contributed by atoms with Gasteiger partial charge in [-0.3, -0.25) is 4.79 Å². The van der Waals surface area contributed by atoms with Gasteiger partial charge in [-0.1, -0.05) is 0 Å². The summed E-state index contributed by atoms with van der Waals surface area (Å²) in [6.07, 6.45) is 16.1. The molecule has 8 bridgehead atoms. The number of amides is 1. The second-order valence-electron chi connectivity index (χ2n) is 12.6. The van der Waals surface area contributed by atoms with E-state index in [2.05, 4.69) is 34.9 Å². The Morgan fingerprint density at radius 2 is 1.03 bits per heavy atom. The van der Waals surface area contributed by atoms with Gasteiger partial charge in [0, 0.05) is 16.9 Å². The van der Waals surface area contributed by atoms with E-state index in [9.17, 15) is 4.79 Å². The molecular weight excluding hydrogens is 368 g/mol. The van der Waals surface area contributed by atoms with Gasteiger partial charge < -0.3 is 10.6 Å². The standard InChI is InChI=1S/C27H36N2O/c30-25(26-11-17-5-18(12-26)7-19(6-17)13-26)28-23-1-3-24(4-2-23)29-27-14-20-8-21(15-27)10-22(9-20)16-27/h1-4,17-22,29H,5-16H2,(H,28,30). The Kier molecular flexibility index (Phi) is 3.78. The zero-order chi connectivity index (χ0) is 19.9. The first-order valence-electron chi connectivity index (χ1n) is 12.7. The third-order valence-corrected chi connectivity index (χ3v) is 10.1. The fourth-order valence-corrected chi connectivity index (χ4v) is 9.86. The van der Waals surface area contributed by atoms with Crippen LogP contribution in [0.5, 0.6) is 0 Å². The lowest BCUT2D eigenvalue weighted by Crippen LogP contribution is -2.54. The Labute approximate surface area is 180 Å². The average molecular weight is 405 g/mol. The van der Waals surface area contributed by atoms with E-state index in [4.69, 9.17) is 0 Å². The molecule has 1 aromatic carbocycles. The van der Waals surface area contributed by atoms with Crippen molar-refractivity contribution < 1.29 is 4.79 Å². The molecule has 0 atom stereocenters. The lowest BCUT2D eigenvalue weighted by atomic mass is 9.49. The fourth-order valence-electron chi connectivity index (χ4n) is 9.86. The third-order valence-electron chi connectivity index (χ3n) is 10.1. The minimum atomic E-state index is -0.0646. The molecule has 0 aromatic heterocycles. The summed E-state index contributed by atoms with van der Waals surface area (Å²) >= 11 is 0. The van der Waals surface area contributed by atoms with Crippen LogP contribution in [-0.4, -0.2) is 11.4 Å². The van der Waals surface area contributed by atoms with E-state index in [1.54, 1.807) is 0 Å². The second kappa shape index (κ2) is 6.26. The summed E-state index contributed by atoms with van der Waals surface area (Å²) in [5, 5.41) is 7.28. The monoisotopic (exact) mass is 404 g/mol. The van der Waals surface area contributed by atoms with Gasteiger partial charge in [0.1, 0.15) is 0 Å². The summed E-state index contributed by atoms with van der Waals surface area (Å²) in [5.74, 6) is 5.63. The Morgan fingerprint density at radius 3 is 1.50 bits per heavy atom. The smallest absolute Gasteiger partial charge is 0.230 e. The van der Waals surface area contributed by atoms with Gasteiger partial charge in [-0.25, -0.2) is 0 Å². The van der Waals surface area contributed by atoms with Crippen LogP contribution in [-0.2, 0) is 4.79 Å². The summed E-state index contributed by atoms with van der Waals surface area (Å²) in [7, 11) is 0. The van der Waals surface area contributed by atoms with Gasteiger partial charge in [0.15, 0.2) is 0 Å². The molecule has 0 heterocycles. The van der Waals surface area contributed by atoms with Crippen LogP contribution in [0.3, 0.4) is 0 Å². The molecule has 0 radical (unpaired) electrons. The topological polar surface area (TPSA) is 41.1 Å². The first-order chi connectivity index (χ1) is 14.5. The number of anilines is 2. The molecule has 3 heteroatoms. The van der Waals surface area contributed by atoms with Crippen molar-refractivity contribution in [1.82, 2.24) is 0 Å². The Morgan fingerprint density at radius 1 is 0.633 bits per heavy atom. The quantitative estimate of drug-likeness (QED) is 0.625. The average Bonchev–Trinajstić information content (AvgIpc) is 2.67. The Bertz CT molecular complexity index is 786. The highest BCUT2D eigenvalue weighted by molar-refractivity contribution is 5.95. The van der Waals surface area contributed by atoms with Crippen molar-refractivity contribution in [3.63, 3.8) is 0 Å². The van der Waals surface area contributed by atoms with Crippen LogP contribution in [0.15, 0.2) is 24.3 Å². The van der Waals surface area contributed by atoms with E-state index in [0.29, 0.717) is 11.4 Å². The van der Waals surface area contributed by atoms with Crippen LogP contribution in [0.2, 0.25) is 0 Å². The molecule has 0 unspecified atom stereocenters.